The van der Waals surface area contributed by atoms with E-state index in [4.69, 9.17) is 10.5 Å². The third-order valence-electron chi connectivity index (χ3n) is 2.38. The zero-order valence-electron chi connectivity index (χ0n) is 11.9. The summed E-state index contributed by atoms with van der Waals surface area (Å²) in [5.74, 6) is 0. The van der Waals surface area contributed by atoms with E-state index in [2.05, 4.69) is 4.98 Å². The second-order valence-electron chi connectivity index (χ2n) is 5.41. The average molecular weight is 265 g/mol. The highest BCUT2D eigenvalue weighted by Gasteiger charge is 2.21. The molecule has 0 saturated heterocycles. The molecule has 1 rings (SSSR count). The van der Waals surface area contributed by atoms with Crippen LogP contribution in [0.5, 0.6) is 0 Å². The van der Waals surface area contributed by atoms with E-state index < -0.39 is 5.60 Å². The second kappa shape index (κ2) is 7.09. The van der Waals surface area contributed by atoms with Gasteiger partial charge >= 0.3 is 6.09 Å². The number of nitrogens with two attached hydrogens (primary N) is 1. The maximum absolute atomic E-state index is 12.1. The first-order chi connectivity index (χ1) is 8.92. The molecule has 0 bridgehead atoms. The molecule has 1 aromatic rings. The first kappa shape index (κ1) is 15.4. The molecule has 0 aliphatic carbocycles. The summed E-state index contributed by atoms with van der Waals surface area (Å²) in [6.07, 6.45) is 3.89. The van der Waals surface area contributed by atoms with Crippen molar-refractivity contribution in [3.63, 3.8) is 0 Å². The molecule has 0 aliphatic heterocycles. The van der Waals surface area contributed by atoms with Crippen LogP contribution in [-0.2, 0) is 11.3 Å². The summed E-state index contributed by atoms with van der Waals surface area (Å²) in [7, 11) is 0. The molecule has 1 aromatic heterocycles. The Kier molecular flexibility index (Phi) is 5.76. The quantitative estimate of drug-likeness (QED) is 0.886. The largest absolute Gasteiger partial charge is 0.444 e. The fourth-order valence-electron chi connectivity index (χ4n) is 1.56. The SMILES string of the molecule is CC(C)(C)OC(=O)N(CCCN)Cc1cccnc1. The Morgan fingerprint density at radius 2 is 2.21 bits per heavy atom. The summed E-state index contributed by atoms with van der Waals surface area (Å²) in [5.41, 5.74) is 5.99. The van der Waals surface area contributed by atoms with Crippen LogP contribution < -0.4 is 5.73 Å². The number of hydrogen-bond donors (Lipinski definition) is 1. The summed E-state index contributed by atoms with van der Waals surface area (Å²) in [6.45, 7) is 7.19. The number of hydrogen-bond acceptors (Lipinski definition) is 4. The van der Waals surface area contributed by atoms with Crippen LogP contribution in [0.4, 0.5) is 4.79 Å². The molecule has 5 heteroatoms. The predicted molar refractivity (Wildman–Crippen MR) is 74.6 cm³/mol. The molecule has 5 nitrogen and oxygen atoms in total. The lowest BCUT2D eigenvalue weighted by Gasteiger charge is -2.27. The molecule has 0 fully saturated rings. The Labute approximate surface area is 114 Å². The topological polar surface area (TPSA) is 68.5 Å². The van der Waals surface area contributed by atoms with E-state index in [1.807, 2.05) is 32.9 Å². The van der Waals surface area contributed by atoms with Crippen molar-refractivity contribution < 1.29 is 9.53 Å². The van der Waals surface area contributed by atoms with Crippen LogP contribution in [0.25, 0.3) is 0 Å². The van der Waals surface area contributed by atoms with E-state index >= 15 is 0 Å². The second-order valence-corrected chi connectivity index (χ2v) is 5.41. The van der Waals surface area contributed by atoms with Crippen molar-refractivity contribution in [3.8, 4) is 0 Å². The summed E-state index contributed by atoms with van der Waals surface area (Å²) >= 11 is 0. The highest BCUT2D eigenvalue weighted by Crippen LogP contribution is 2.12. The van der Waals surface area contributed by atoms with Gasteiger partial charge in [-0.15, -0.1) is 0 Å². The Bertz CT molecular complexity index is 387. The number of nitrogens with zero attached hydrogens (tertiary/aromatic N) is 2. The molecule has 0 spiro atoms. The van der Waals surface area contributed by atoms with Gasteiger partial charge in [0, 0.05) is 18.9 Å². The van der Waals surface area contributed by atoms with Gasteiger partial charge < -0.3 is 15.4 Å². The average Bonchev–Trinajstić information content (AvgIpc) is 2.33. The van der Waals surface area contributed by atoms with E-state index in [1.165, 1.54) is 0 Å². The van der Waals surface area contributed by atoms with E-state index in [-0.39, 0.29) is 6.09 Å². The third kappa shape index (κ3) is 6.20. The first-order valence-electron chi connectivity index (χ1n) is 6.49. The third-order valence-corrected chi connectivity index (χ3v) is 2.38. The highest BCUT2D eigenvalue weighted by atomic mass is 16.6. The fourth-order valence-corrected chi connectivity index (χ4v) is 1.56. The van der Waals surface area contributed by atoms with Crippen LogP contribution in [-0.4, -0.2) is 34.7 Å². The van der Waals surface area contributed by atoms with Gasteiger partial charge in [-0.05, 0) is 45.4 Å². The van der Waals surface area contributed by atoms with Crippen molar-refractivity contribution in [1.29, 1.82) is 0 Å². The van der Waals surface area contributed by atoms with Crippen molar-refractivity contribution in [2.24, 2.45) is 5.73 Å². The van der Waals surface area contributed by atoms with Crippen LogP contribution in [0, 0.1) is 0 Å². The van der Waals surface area contributed by atoms with Crippen molar-refractivity contribution in [2.75, 3.05) is 13.1 Å². The number of pyridine rings is 1. The Morgan fingerprint density at radius 3 is 2.74 bits per heavy atom. The molecule has 1 amide bonds. The number of rotatable bonds is 5. The summed E-state index contributed by atoms with van der Waals surface area (Å²) in [4.78, 5) is 17.8. The van der Waals surface area contributed by atoms with E-state index in [0.29, 0.717) is 19.6 Å². The van der Waals surface area contributed by atoms with Crippen LogP contribution in [0.1, 0.15) is 32.8 Å². The molecular formula is C14H23N3O2. The number of carbonyl (C=O) groups is 1. The molecule has 0 aromatic carbocycles. The molecule has 19 heavy (non-hydrogen) atoms. The Balaban J connectivity index is 2.68. The van der Waals surface area contributed by atoms with Gasteiger partial charge in [0.25, 0.3) is 0 Å². The van der Waals surface area contributed by atoms with Crippen LogP contribution in [0.15, 0.2) is 24.5 Å². The monoisotopic (exact) mass is 265 g/mol. The van der Waals surface area contributed by atoms with Gasteiger partial charge in [0.1, 0.15) is 5.60 Å². The number of ether oxygens (including phenoxy) is 1. The number of carbonyl (C=O) groups excluding carboxylic acids is 1. The van der Waals surface area contributed by atoms with Crippen molar-refractivity contribution in [3.05, 3.63) is 30.1 Å². The Morgan fingerprint density at radius 1 is 1.47 bits per heavy atom. The molecule has 0 atom stereocenters. The molecule has 106 valence electrons. The van der Waals surface area contributed by atoms with E-state index in [0.717, 1.165) is 12.0 Å². The van der Waals surface area contributed by atoms with Crippen LogP contribution in [0.3, 0.4) is 0 Å². The van der Waals surface area contributed by atoms with E-state index in [9.17, 15) is 4.79 Å². The van der Waals surface area contributed by atoms with Gasteiger partial charge in [-0.1, -0.05) is 6.07 Å². The lowest BCUT2D eigenvalue weighted by Crippen LogP contribution is -2.37. The van der Waals surface area contributed by atoms with Gasteiger partial charge in [0.05, 0.1) is 6.54 Å². The minimum absolute atomic E-state index is 0.315. The summed E-state index contributed by atoms with van der Waals surface area (Å²) in [5, 5.41) is 0. The maximum atomic E-state index is 12.1. The standard InChI is InChI=1S/C14H23N3O2/c1-14(2,3)19-13(18)17(9-5-7-15)11-12-6-4-8-16-10-12/h4,6,8,10H,5,7,9,11,15H2,1-3H3. The molecule has 0 aliphatic rings. The van der Waals surface area contributed by atoms with Gasteiger partial charge in [0.15, 0.2) is 0 Å². The van der Waals surface area contributed by atoms with Crippen molar-refractivity contribution >= 4 is 6.09 Å². The lowest BCUT2D eigenvalue weighted by molar-refractivity contribution is 0.0232. The molecule has 2 N–H and O–H groups in total. The van der Waals surface area contributed by atoms with Crippen LogP contribution in [0.2, 0.25) is 0 Å². The van der Waals surface area contributed by atoms with E-state index in [1.54, 1.807) is 17.3 Å². The molecule has 0 saturated carbocycles. The Hall–Kier alpha value is -1.62. The minimum Gasteiger partial charge on any atom is -0.444 e. The highest BCUT2D eigenvalue weighted by molar-refractivity contribution is 5.68. The van der Waals surface area contributed by atoms with Crippen LogP contribution >= 0.6 is 0 Å². The summed E-state index contributed by atoms with van der Waals surface area (Å²) < 4.78 is 5.39. The smallest absolute Gasteiger partial charge is 0.410 e. The molecular weight excluding hydrogens is 242 g/mol. The fraction of sp³-hybridized carbons (Fsp3) is 0.571. The lowest BCUT2D eigenvalue weighted by atomic mass is 10.2. The van der Waals surface area contributed by atoms with Gasteiger partial charge in [0.2, 0.25) is 0 Å². The first-order valence-corrected chi connectivity index (χ1v) is 6.49. The zero-order valence-corrected chi connectivity index (χ0v) is 11.9. The number of aromatic nitrogens is 1. The van der Waals surface area contributed by atoms with Gasteiger partial charge in [-0.2, -0.15) is 0 Å². The van der Waals surface area contributed by atoms with Gasteiger partial charge in [-0.3, -0.25) is 4.98 Å². The maximum Gasteiger partial charge on any atom is 0.410 e. The van der Waals surface area contributed by atoms with Crippen molar-refractivity contribution in [1.82, 2.24) is 9.88 Å². The molecule has 0 radical (unpaired) electrons. The minimum atomic E-state index is -0.493. The summed E-state index contributed by atoms with van der Waals surface area (Å²) in [6, 6.07) is 3.79. The number of amides is 1. The predicted octanol–water partition coefficient (Wildman–Crippen LogP) is 2.17. The molecule has 0 unspecified atom stereocenters. The van der Waals surface area contributed by atoms with Gasteiger partial charge in [-0.25, -0.2) is 4.79 Å². The normalized spacial score (nSPS) is 11.2. The zero-order chi connectivity index (χ0) is 14.3. The molecule has 1 heterocycles. The van der Waals surface area contributed by atoms with Crippen molar-refractivity contribution in [2.45, 2.75) is 39.3 Å².